The summed E-state index contributed by atoms with van der Waals surface area (Å²) in [6.07, 6.45) is 3.17. The molecule has 1 aliphatic heterocycles. The van der Waals surface area contributed by atoms with E-state index in [-0.39, 0.29) is 6.29 Å². The first kappa shape index (κ1) is 13.3. The van der Waals surface area contributed by atoms with Crippen LogP contribution in [0.2, 0.25) is 10.0 Å². The Kier molecular flexibility index (Phi) is 3.99. The molecule has 1 aromatic heterocycles. The van der Waals surface area contributed by atoms with Gasteiger partial charge in [0.05, 0.1) is 22.2 Å². The molecular weight excluding hydrogens is 285 g/mol. The van der Waals surface area contributed by atoms with E-state index in [1.165, 1.54) is 6.42 Å². The Morgan fingerprint density at radius 1 is 1.32 bits per heavy atom. The number of benzene rings is 1. The zero-order valence-corrected chi connectivity index (χ0v) is 11.9. The van der Waals surface area contributed by atoms with Crippen molar-refractivity contribution in [2.24, 2.45) is 0 Å². The van der Waals surface area contributed by atoms with Gasteiger partial charge < -0.3 is 14.5 Å². The molecule has 1 unspecified atom stereocenters. The predicted molar refractivity (Wildman–Crippen MR) is 76.7 cm³/mol. The number of nitrogens with one attached hydrogen (secondary N) is 1. The van der Waals surface area contributed by atoms with Crippen molar-refractivity contribution in [3.05, 3.63) is 33.9 Å². The Balaban J connectivity index is 1.72. The fraction of sp³-hybridized carbons (Fsp3) is 0.429. The molecule has 0 radical (unpaired) electrons. The van der Waals surface area contributed by atoms with Gasteiger partial charge in [0, 0.05) is 17.7 Å². The lowest BCUT2D eigenvalue weighted by atomic mass is 10.2. The third-order valence-corrected chi connectivity index (χ3v) is 4.11. The Hall–Kier alpha value is -0.740. The van der Waals surface area contributed by atoms with Crippen LogP contribution in [0, 0.1) is 0 Å². The average Bonchev–Trinajstić information content (AvgIpc) is 2.86. The minimum absolute atomic E-state index is 0.0841. The van der Waals surface area contributed by atoms with Crippen LogP contribution in [0.4, 0.5) is 0 Å². The number of halogens is 2. The predicted octanol–water partition coefficient (Wildman–Crippen LogP) is 4.52. The Morgan fingerprint density at radius 2 is 2.21 bits per heavy atom. The Labute approximate surface area is 121 Å². The number of hydrogen-bond acceptors (Lipinski definition) is 2. The van der Waals surface area contributed by atoms with E-state index < -0.39 is 0 Å². The van der Waals surface area contributed by atoms with Crippen molar-refractivity contribution >= 4 is 34.1 Å². The molecule has 5 heteroatoms. The molecule has 102 valence electrons. The minimum atomic E-state index is -0.0841. The summed E-state index contributed by atoms with van der Waals surface area (Å²) >= 11 is 12.2. The summed E-state index contributed by atoms with van der Waals surface area (Å²) in [5, 5.41) is 2.15. The van der Waals surface area contributed by atoms with Gasteiger partial charge in [-0.2, -0.15) is 0 Å². The van der Waals surface area contributed by atoms with Crippen molar-refractivity contribution < 1.29 is 9.47 Å². The maximum atomic E-state index is 6.16. The number of hydrogen-bond donors (Lipinski definition) is 1. The molecular formula is C14H15Cl2NO2. The van der Waals surface area contributed by atoms with E-state index in [2.05, 4.69) is 4.98 Å². The molecule has 1 atom stereocenters. The molecule has 1 aromatic carbocycles. The molecule has 2 aromatic rings. The summed E-state index contributed by atoms with van der Waals surface area (Å²) < 4.78 is 11.3. The van der Waals surface area contributed by atoms with Gasteiger partial charge in [0.15, 0.2) is 6.29 Å². The molecule has 0 bridgehead atoms. The molecule has 1 N–H and O–H groups in total. The third-order valence-electron chi connectivity index (χ3n) is 3.30. The summed E-state index contributed by atoms with van der Waals surface area (Å²) in [6, 6.07) is 5.77. The van der Waals surface area contributed by atoms with Gasteiger partial charge in [0.25, 0.3) is 0 Å². The molecule has 1 aliphatic rings. The van der Waals surface area contributed by atoms with Crippen LogP contribution in [0.5, 0.6) is 0 Å². The van der Waals surface area contributed by atoms with Crippen LogP contribution in [-0.4, -0.2) is 17.9 Å². The third kappa shape index (κ3) is 2.90. The van der Waals surface area contributed by atoms with Gasteiger partial charge in [-0.3, -0.25) is 0 Å². The minimum Gasteiger partial charge on any atom is -0.355 e. The number of ether oxygens (including phenoxy) is 2. The molecule has 0 aliphatic carbocycles. The van der Waals surface area contributed by atoms with Crippen molar-refractivity contribution in [3.8, 4) is 0 Å². The second-order valence-electron chi connectivity index (χ2n) is 4.73. The van der Waals surface area contributed by atoms with E-state index in [4.69, 9.17) is 32.7 Å². The molecule has 0 spiro atoms. The molecule has 0 amide bonds. The van der Waals surface area contributed by atoms with Crippen LogP contribution >= 0.6 is 23.2 Å². The normalized spacial score (nSPS) is 20.0. The standard InChI is InChI=1S/C14H15Cl2NO2/c15-11-5-4-9-7-10(17-14(9)13(11)16)8-19-12-3-1-2-6-18-12/h4-5,7,12,17H,1-3,6,8H2. The molecule has 19 heavy (non-hydrogen) atoms. The van der Waals surface area contributed by atoms with Crippen molar-refractivity contribution in [2.75, 3.05) is 6.61 Å². The summed E-state index contributed by atoms with van der Waals surface area (Å²) in [5.41, 5.74) is 1.84. The summed E-state index contributed by atoms with van der Waals surface area (Å²) in [7, 11) is 0. The van der Waals surface area contributed by atoms with E-state index in [1.807, 2.05) is 12.1 Å². The molecule has 0 saturated carbocycles. The fourth-order valence-electron chi connectivity index (χ4n) is 2.30. The van der Waals surface area contributed by atoms with Gasteiger partial charge in [-0.05, 0) is 31.4 Å². The number of rotatable bonds is 3. The van der Waals surface area contributed by atoms with Crippen molar-refractivity contribution in [1.29, 1.82) is 0 Å². The van der Waals surface area contributed by atoms with Crippen LogP contribution in [-0.2, 0) is 16.1 Å². The molecule has 1 saturated heterocycles. The van der Waals surface area contributed by atoms with Crippen molar-refractivity contribution in [1.82, 2.24) is 4.98 Å². The fourth-order valence-corrected chi connectivity index (χ4v) is 2.68. The smallest absolute Gasteiger partial charge is 0.158 e. The molecule has 3 rings (SSSR count). The molecule has 1 fully saturated rings. The van der Waals surface area contributed by atoms with Gasteiger partial charge in [0.2, 0.25) is 0 Å². The van der Waals surface area contributed by atoms with E-state index in [1.54, 1.807) is 6.07 Å². The lowest BCUT2D eigenvalue weighted by Gasteiger charge is -2.22. The molecule has 3 nitrogen and oxygen atoms in total. The topological polar surface area (TPSA) is 34.2 Å². The second-order valence-corrected chi connectivity index (χ2v) is 5.51. The number of fused-ring (bicyclic) bond motifs is 1. The van der Waals surface area contributed by atoms with Gasteiger partial charge in [-0.15, -0.1) is 0 Å². The van der Waals surface area contributed by atoms with Gasteiger partial charge in [-0.25, -0.2) is 0 Å². The second kappa shape index (κ2) is 5.71. The highest BCUT2D eigenvalue weighted by molar-refractivity contribution is 6.45. The van der Waals surface area contributed by atoms with E-state index >= 15 is 0 Å². The van der Waals surface area contributed by atoms with Crippen LogP contribution < -0.4 is 0 Å². The van der Waals surface area contributed by atoms with Gasteiger partial charge in [0.1, 0.15) is 0 Å². The summed E-state index contributed by atoms with van der Waals surface area (Å²) in [6.45, 7) is 1.28. The first-order chi connectivity index (χ1) is 9.24. The lowest BCUT2D eigenvalue weighted by Crippen LogP contribution is -2.22. The monoisotopic (exact) mass is 299 g/mol. The molecule has 2 heterocycles. The van der Waals surface area contributed by atoms with E-state index in [9.17, 15) is 0 Å². The maximum Gasteiger partial charge on any atom is 0.158 e. The van der Waals surface area contributed by atoms with Crippen LogP contribution in [0.25, 0.3) is 10.9 Å². The summed E-state index contributed by atoms with van der Waals surface area (Å²) in [5.74, 6) is 0. The lowest BCUT2D eigenvalue weighted by molar-refractivity contribution is -0.169. The van der Waals surface area contributed by atoms with Crippen LogP contribution in [0.3, 0.4) is 0 Å². The zero-order valence-electron chi connectivity index (χ0n) is 10.4. The van der Waals surface area contributed by atoms with Crippen LogP contribution in [0.1, 0.15) is 25.0 Å². The SMILES string of the molecule is Clc1ccc2cc(COC3CCCCO3)[nH]c2c1Cl. The van der Waals surface area contributed by atoms with Crippen molar-refractivity contribution in [2.45, 2.75) is 32.2 Å². The van der Waals surface area contributed by atoms with E-state index in [0.29, 0.717) is 16.7 Å². The Bertz CT molecular complexity index is 576. The largest absolute Gasteiger partial charge is 0.355 e. The number of aromatic nitrogens is 1. The highest BCUT2D eigenvalue weighted by Crippen LogP contribution is 2.31. The number of H-pyrrole nitrogens is 1. The Morgan fingerprint density at radius 3 is 3.00 bits per heavy atom. The average molecular weight is 300 g/mol. The highest BCUT2D eigenvalue weighted by Gasteiger charge is 2.15. The highest BCUT2D eigenvalue weighted by atomic mass is 35.5. The van der Waals surface area contributed by atoms with Crippen molar-refractivity contribution in [3.63, 3.8) is 0 Å². The zero-order chi connectivity index (χ0) is 13.2. The first-order valence-electron chi connectivity index (χ1n) is 6.43. The summed E-state index contributed by atoms with van der Waals surface area (Å²) in [4.78, 5) is 3.25. The van der Waals surface area contributed by atoms with Gasteiger partial charge in [-0.1, -0.05) is 29.3 Å². The quantitative estimate of drug-likeness (QED) is 0.904. The van der Waals surface area contributed by atoms with E-state index in [0.717, 1.165) is 36.0 Å². The maximum absolute atomic E-state index is 6.16. The van der Waals surface area contributed by atoms with Gasteiger partial charge >= 0.3 is 0 Å². The number of aromatic amines is 1. The van der Waals surface area contributed by atoms with Crippen LogP contribution in [0.15, 0.2) is 18.2 Å². The first-order valence-corrected chi connectivity index (χ1v) is 7.18.